The van der Waals surface area contributed by atoms with Crippen LogP contribution in [-0.4, -0.2) is 16.1 Å². The standard InChI is InChI=1S/C36H43NSi2/c1-36(2,3)32-18-20-33(21-19-32)37-34(30-14-10-28(11-15-30)24-26-38(4,5)6)22-23-35(37)31-16-12-29(13-17-31)25-27-39(7,8)9/h10-22,35H,23H2,1-9H3. The second kappa shape index (κ2) is 11.1. The predicted octanol–water partition coefficient (Wildman–Crippen LogP) is 9.43. The maximum atomic E-state index is 3.49. The molecule has 200 valence electrons. The van der Waals surface area contributed by atoms with Gasteiger partial charge in [0.15, 0.2) is 0 Å². The molecule has 3 heteroatoms. The molecule has 0 aliphatic carbocycles. The second-order valence-electron chi connectivity index (χ2n) is 13.7. The van der Waals surface area contributed by atoms with Crippen molar-refractivity contribution in [3.05, 3.63) is 107 Å². The van der Waals surface area contributed by atoms with Gasteiger partial charge in [-0.25, -0.2) is 0 Å². The number of hydrogen-bond donors (Lipinski definition) is 0. The molecule has 0 bridgehead atoms. The summed E-state index contributed by atoms with van der Waals surface area (Å²) in [6.07, 6.45) is 3.36. The SMILES string of the molecule is CC(C)(C)c1ccc(N2C(c3ccc(C#C[Si](C)(C)C)cc3)=CCC2c2ccc(C#C[Si](C)(C)C)cc2)cc1. The van der Waals surface area contributed by atoms with Gasteiger partial charge in [-0.1, -0.05) is 114 Å². The van der Waals surface area contributed by atoms with Gasteiger partial charge in [0.05, 0.1) is 6.04 Å². The van der Waals surface area contributed by atoms with Crippen LogP contribution in [0.3, 0.4) is 0 Å². The van der Waals surface area contributed by atoms with Gasteiger partial charge in [0.2, 0.25) is 0 Å². The highest BCUT2D eigenvalue weighted by Gasteiger charge is 2.30. The summed E-state index contributed by atoms with van der Waals surface area (Å²) in [5, 5.41) is 0. The highest BCUT2D eigenvalue weighted by Crippen LogP contribution is 2.43. The van der Waals surface area contributed by atoms with Gasteiger partial charge in [-0.05, 0) is 64.9 Å². The van der Waals surface area contributed by atoms with Gasteiger partial charge >= 0.3 is 0 Å². The van der Waals surface area contributed by atoms with Crippen molar-refractivity contribution in [2.45, 2.75) is 77.9 Å². The maximum absolute atomic E-state index is 3.49. The molecule has 1 aliphatic heterocycles. The monoisotopic (exact) mass is 545 g/mol. The van der Waals surface area contributed by atoms with Gasteiger partial charge in [-0.2, -0.15) is 0 Å². The fraction of sp³-hybridized carbons (Fsp3) is 0.333. The van der Waals surface area contributed by atoms with Crippen molar-refractivity contribution < 1.29 is 0 Å². The average molecular weight is 546 g/mol. The molecule has 0 saturated heterocycles. The van der Waals surface area contributed by atoms with E-state index >= 15 is 0 Å². The Hall–Kier alpha value is -3.25. The number of benzene rings is 3. The van der Waals surface area contributed by atoms with E-state index in [4.69, 9.17) is 0 Å². The van der Waals surface area contributed by atoms with Crippen molar-refractivity contribution in [1.29, 1.82) is 0 Å². The Morgan fingerprint density at radius 2 is 1.15 bits per heavy atom. The molecule has 3 aromatic carbocycles. The van der Waals surface area contributed by atoms with E-state index in [9.17, 15) is 0 Å². The zero-order valence-electron chi connectivity index (χ0n) is 25.2. The van der Waals surface area contributed by atoms with Crippen molar-refractivity contribution in [3.63, 3.8) is 0 Å². The zero-order chi connectivity index (χ0) is 28.4. The summed E-state index contributed by atoms with van der Waals surface area (Å²) in [5.41, 5.74) is 15.7. The van der Waals surface area contributed by atoms with Gasteiger partial charge in [0.25, 0.3) is 0 Å². The Balaban J connectivity index is 1.69. The van der Waals surface area contributed by atoms with E-state index in [2.05, 4.69) is 167 Å². The van der Waals surface area contributed by atoms with Gasteiger partial charge in [0, 0.05) is 22.5 Å². The third kappa shape index (κ3) is 7.66. The lowest BCUT2D eigenvalue weighted by Gasteiger charge is -2.31. The summed E-state index contributed by atoms with van der Waals surface area (Å²) in [5.74, 6) is 6.80. The topological polar surface area (TPSA) is 3.24 Å². The lowest BCUT2D eigenvalue weighted by atomic mass is 9.87. The molecule has 0 aromatic heterocycles. The van der Waals surface area contributed by atoms with E-state index in [0.29, 0.717) is 0 Å². The quantitative estimate of drug-likeness (QED) is 0.234. The molecule has 0 spiro atoms. The van der Waals surface area contributed by atoms with E-state index in [1.165, 1.54) is 28.1 Å². The number of anilines is 1. The number of hydrogen-bond acceptors (Lipinski definition) is 1. The molecule has 1 atom stereocenters. The molecule has 0 saturated carbocycles. The van der Waals surface area contributed by atoms with Crippen molar-refractivity contribution in [2.75, 3.05) is 4.90 Å². The first-order chi connectivity index (χ1) is 18.2. The first-order valence-corrected chi connectivity index (χ1v) is 21.1. The first kappa shape index (κ1) is 28.8. The molecule has 1 nitrogen and oxygen atoms in total. The summed E-state index contributed by atoms with van der Waals surface area (Å²) in [6, 6.07) is 27.1. The van der Waals surface area contributed by atoms with E-state index < -0.39 is 16.1 Å². The molecule has 0 amide bonds. The molecule has 4 rings (SSSR count). The zero-order valence-corrected chi connectivity index (χ0v) is 27.2. The van der Waals surface area contributed by atoms with E-state index in [1.54, 1.807) is 0 Å². The van der Waals surface area contributed by atoms with E-state index in [1.807, 2.05) is 0 Å². The van der Waals surface area contributed by atoms with Crippen LogP contribution in [0, 0.1) is 22.9 Å². The summed E-state index contributed by atoms with van der Waals surface area (Å²) >= 11 is 0. The summed E-state index contributed by atoms with van der Waals surface area (Å²) < 4.78 is 0. The first-order valence-electron chi connectivity index (χ1n) is 14.1. The third-order valence-corrected chi connectivity index (χ3v) is 8.51. The third-order valence-electron chi connectivity index (χ3n) is 6.76. The molecule has 0 radical (unpaired) electrons. The van der Waals surface area contributed by atoms with Crippen LogP contribution < -0.4 is 4.90 Å². The Morgan fingerprint density at radius 1 is 0.667 bits per heavy atom. The molecule has 1 heterocycles. The minimum atomic E-state index is -1.41. The molecule has 1 aliphatic rings. The highest BCUT2D eigenvalue weighted by atomic mass is 28.3. The smallest absolute Gasteiger partial charge is 0.129 e. The second-order valence-corrected chi connectivity index (χ2v) is 23.2. The molecular formula is C36H43NSi2. The Bertz CT molecular complexity index is 1450. The minimum Gasteiger partial charge on any atom is -0.333 e. The molecule has 0 fully saturated rings. The lowest BCUT2D eigenvalue weighted by molar-refractivity contribution is 0.590. The molecule has 3 aromatic rings. The van der Waals surface area contributed by atoms with Crippen LogP contribution in [0.25, 0.3) is 5.70 Å². The van der Waals surface area contributed by atoms with Crippen LogP contribution in [0.15, 0.2) is 78.9 Å². The number of rotatable bonds is 3. The van der Waals surface area contributed by atoms with Crippen LogP contribution in [0.1, 0.15) is 61.1 Å². The van der Waals surface area contributed by atoms with Gasteiger partial charge in [-0.3, -0.25) is 0 Å². The van der Waals surface area contributed by atoms with Crippen molar-refractivity contribution in [3.8, 4) is 22.9 Å². The largest absolute Gasteiger partial charge is 0.333 e. The van der Waals surface area contributed by atoms with Crippen LogP contribution in [-0.2, 0) is 5.41 Å². The van der Waals surface area contributed by atoms with Crippen LogP contribution >= 0.6 is 0 Å². The Labute approximate surface area is 239 Å². The van der Waals surface area contributed by atoms with Gasteiger partial charge < -0.3 is 4.90 Å². The van der Waals surface area contributed by atoms with Gasteiger partial charge in [0.1, 0.15) is 16.1 Å². The summed E-state index contributed by atoms with van der Waals surface area (Å²) in [6.45, 7) is 20.5. The highest BCUT2D eigenvalue weighted by molar-refractivity contribution is 6.84. The van der Waals surface area contributed by atoms with Gasteiger partial charge in [-0.15, -0.1) is 11.1 Å². The van der Waals surface area contributed by atoms with E-state index in [0.717, 1.165) is 17.5 Å². The van der Waals surface area contributed by atoms with Crippen LogP contribution in [0.2, 0.25) is 39.3 Å². The molecule has 39 heavy (non-hydrogen) atoms. The van der Waals surface area contributed by atoms with Crippen molar-refractivity contribution >= 4 is 27.5 Å². The molecule has 1 unspecified atom stereocenters. The van der Waals surface area contributed by atoms with Crippen LogP contribution in [0.4, 0.5) is 5.69 Å². The molecular weight excluding hydrogens is 503 g/mol. The fourth-order valence-corrected chi connectivity index (χ4v) is 5.65. The van der Waals surface area contributed by atoms with Crippen molar-refractivity contribution in [2.24, 2.45) is 0 Å². The Kier molecular flexibility index (Phi) is 8.18. The van der Waals surface area contributed by atoms with Crippen LogP contribution in [0.5, 0.6) is 0 Å². The summed E-state index contributed by atoms with van der Waals surface area (Å²) in [4.78, 5) is 2.51. The summed E-state index contributed by atoms with van der Waals surface area (Å²) in [7, 11) is -2.81. The van der Waals surface area contributed by atoms with E-state index in [-0.39, 0.29) is 11.5 Å². The normalized spacial score (nSPS) is 15.7. The maximum Gasteiger partial charge on any atom is 0.129 e. The Morgan fingerprint density at radius 3 is 1.62 bits per heavy atom. The number of nitrogens with zero attached hydrogens (tertiary/aromatic N) is 1. The predicted molar refractivity (Wildman–Crippen MR) is 176 cm³/mol. The fourth-order valence-electron chi connectivity index (χ4n) is 4.61. The average Bonchev–Trinajstić information content (AvgIpc) is 3.31. The molecule has 0 N–H and O–H groups in total. The lowest BCUT2D eigenvalue weighted by Crippen LogP contribution is -2.23. The minimum absolute atomic E-state index is 0.126. The van der Waals surface area contributed by atoms with Crippen molar-refractivity contribution in [1.82, 2.24) is 0 Å².